The van der Waals surface area contributed by atoms with E-state index >= 15 is 0 Å². The second kappa shape index (κ2) is 7.40. The average Bonchev–Trinajstić information content (AvgIpc) is 3.11. The minimum atomic E-state index is -0.293. The minimum absolute atomic E-state index is 0.185. The Bertz CT molecular complexity index is 978. The summed E-state index contributed by atoms with van der Waals surface area (Å²) in [5, 5.41) is 10.9. The number of nitrogens with one attached hydrogen (secondary N) is 1. The molecule has 140 valence electrons. The standard InChI is InChI=1S/C18H20ClN7O/c1-11-7-12(13-5-6-20-17(19)23-13)8-21-14(11)9-22-16(27)15-10-26(25-24-15)18(2,3)4/h5-8,10H,9H2,1-4H3,(H,22,27). The molecule has 0 saturated heterocycles. The zero-order valence-electron chi connectivity index (χ0n) is 15.6. The molecule has 0 saturated carbocycles. The summed E-state index contributed by atoms with van der Waals surface area (Å²) >= 11 is 5.84. The third-order valence-corrected chi connectivity index (χ3v) is 4.12. The number of rotatable bonds is 4. The smallest absolute Gasteiger partial charge is 0.273 e. The highest BCUT2D eigenvalue weighted by Crippen LogP contribution is 2.19. The molecule has 9 heteroatoms. The topological polar surface area (TPSA) is 98.5 Å². The van der Waals surface area contributed by atoms with Crippen LogP contribution in [0, 0.1) is 6.92 Å². The Kier molecular flexibility index (Phi) is 5.18. The van der Waals surface area contributed by atoms with Crippen LogP contribution in [0.4, 0.5) is 0 Å². The van der Waals surface area contributed by atoms with Crippen molar-refractivity contribution in [3.8, 4) is 11.3 Å². The molecule has 8 nitrogen and oxygen atoms in total. The van der Waals surface area contributed by atoms with E-state index in [9.17, 15) is 4.79 Å². The zero-order valence-corrected chi connectivity index (χ0v) is 16.3. The van der Waals surface area contributed by atoms with Crippen molar-refractivity contribution in [2.75, 3.05) is 0 Å². The lowest BCUT2D eigenvalue weighted by Gasteiger charge is -2.17. The SMILES string of the molecule is Cc1cc(-c2ccnc(Cl)n2)cnc1CNC(=O)c1cn(C(C)(C)C)nn1. The maximum Gasteiger partial charge on any atom is 0.273 e. The van der Waals surface area contributed by atoms with Crippen LogP contribution in [0.5, 0.6) is 0 Å². The van der Waals surface area contributed by atoms with Crippen molar-refractivity contribution in [2.45, 2.75) is 39.8 Å². The molecular weight excluding hydrogens is 366 g/mol. The molecule has 0 unspecified atom stereocenters. The van der Waals surface area contributed by atoms with E-state index in [-0.39, 0.29) is 29.0 Å². The number of hydrogen-bond donors (Lipinski definition) is 1. The second-order valence-electron chi connectivity index (χ2n) is 7.10. The van der Waals surface area contributed by atoms with Gasteiger partial charge < -0.3 is 5.32 Å². The van der Waals surface area contributed by atoms with E-state index in [0.717, 1.165) is 16.8 Å². The Morgan fingerprint density at radius 2 is 2.07 bits per heavy atom. The van der Waals surface area contributed by atoms with Gasteiger partial charge in [0, 0.05) is 18.0 Å². The van der Waals surface area contributed by atoms with Crippen LogP contribution in [-0.2, 0) is 12.1 Å². The molecule has 0 bridgehead atoms. The predicted octanol–water partition coefficient (Wildman–Crippen LogP) is 2.78. The summed E-state index contributed by atoms with van der Waals surface area (Å²) < 4.78 is 1.66. The highest BCUT2D eigenvalue weighted by atomic mass is 35.5. The van der Waals surface area contributed by atoms with Gasteiger partial charge in [0.1, 0.15) is 0 Å². The number of carbonyl (C=O) groups is 1. The fourth-order valence-corrected chi connectivity index (χ4v) is 2.52. The minimum Gasteiger partial charge on any atom is -0.345 e. The molecule has 0 fully saturated rings. The number of halogens is 1. The lowest BCUT2D eigenvalue weighted by Crippen LogP contribution is -2.25. The molecule has 1 amide bonds. The summed E-state index contributed by atoms with van der Waals surface area (Å²) in [6.07, 6.45) is 4.93. The quantitative estimate of drug-likeness (QED) is 0.693. The Morgan fingerprint density at radius 3 is 2.70 bits per heavy atom. The lowest BCUT2D eigenvalue weighted by molar-refractivity contribution is 0.0945. The van der Waals surface area contributed by atoms with Gasteiger partial charge in [0.15, 0.2) is 5.69 Å². The van der Waals surface area contributed by atoms with Gasteiger partial charge in [-0.15, -0.1) is 5.10 Å². The van der Waals surface area contributed by atoms with E-state index in [0.29, 0.717) is 5.69 Å². The van der Waals surface area contributed by atoms with Crippen LogP contribution in [0.3, 0.4) is 0 Å². The number of amides is 1. The fourth-order valence-electron chi connectivity index (χ4n) is 2.37. The number of nitrogens with zero attached hydrogens (tertiary/aromatic N) is 6. The van der Waals surface area contributed by atoms with Gasteiger partial charge in [-0.1, -0.05) is 5.21 Å². The van der Waals surface area contributed by atoms with Crippen LogP contribution < -0.4 is 5.32 Å². The second-order valence-corrected chi connectivity index (χ2v) is 7.44. The van der Waals surface area contributed by atoms with Gasteiger partial charge in [0.2, 0.25) is 5.28 Å². The highest BCUT2D eigenvalue weighted by Gasteiger charge is 2.18. The molecule has 3 aromatic heterocycles. The van der Waals surface area contributed by atoms with Crippen LogP contribution in [-0.4, -0.2) is 35.9 Å². The molecule has 0 radical (unpaired) electrons. The van der Waals surface area contributed by atoms with Crippen molar-refractivity contribution in [1.82, 2.24) is 35.3 Å². The summed E-state index contributed by atoms with van der Waals surface area (Å²) in [6, 6.07) is 3.71. The Labute approximate surface area is 162 Å². The molecule has 0 spiro atoms. The van der Waals surface area contributed by atoms with Gasteiger partial charge in [-0.25, -0.2) is 14.6 Å². The molecule has 3 aromatic rings. The predicted molar refractivity (Wildman–Crippen MR) is 101 cm³/mol. The summed E-state index contributed by atoms with van der Waals surface area (Å²) in [4.78, 5) is 24.8. The van der Waals surface area contributed by atoms with Gasteiger partial charge in [-0.3, -0.25) is 9.78 Å². The van der Waals surface area contributed by atoms with Crippen molar-refractivity contribution in [2.24, 2.45) is 0 Å². The molecule has 0 aliphatic carbocycles. The van der Waals surface area contributed by atoms with E-state index in [2.05, 4.69) is 30.6 Å². The van der Waals surface area contributed by atoms with Crippen molar-refractivity contribution in [1.29, 1.82) is 0 Å². The summed E-state index contributed by atoms with van der Waals surface area (Å²) in [7, 11) is 0. The highest BCUT2D eigenvalue weighted by molar-refractivity contribution is 6.28. The van der Waals surface area contributed by atoms with Crippen LogP contribution in [0.1, 0.15) is 42.5 Å². The first-order valence-electron chi connectivity index (χ1n) is 8.39. The van der Waals surface area contributed by atoms with Crippen LogP contribution >= 0.6 is 11.6 Å². The van der Waals surface area contributed by atoms with E-state index < -0.39 is 0 Å². The molecule has 0 atom stereocenters. The molecule has 0 aliphatic heterocycles. The van der Waals surface area contributed by atoms with Crippen molar-refractivity contribution in [3.63, 3.8) is 0 Å². The molecule has 3 heterocycles. The molecule has 3 rings (SSSR count). The molecule has 27 heavy (non-hydrogen) atoms. The van der Waals surface area contributed by atoms with Gasteiger partial charge in [-0.2, -0.15) is 0 Å². The van der Waals surface area contributed by atoms with E-state index in [4.69, 9.17) is 11.6 Å². The maximum atomic E-state index is 12.3. The molecule has 1 N–H and O–H groups in total. The summed E-state index contributed by atoms with van der Waals surface area (Å²) in [5.74, 6) is -0.293. The maximum absolute atomic E-state index is 12.3. The third-order valence-electron chi connectivity index (χ3n) is 3.94. The van der Waals surface area contributed by atoms with Gasteiger partial charge >= 0.3 is 0 Å². The number of aryl methyl sites for hydroxylation is 1. The van der Waals surface area contributed by atoms with Crippen LogP contribution in [0.15, 0.2) is 30.7 Å². The number of aromatic nitrogens is 6. The first kappa shape index (κ1) is 18.9. The molecular formula is C18H20ClN7O. The first-order valence-corrected chi connectivity index (χ1v) is 8.77. The number of pyridine rings is 1. The van der Waals surface area contributed by atoms with E-state index in [1.54, 1.807) is 29.3 Å². The summed E-state index contributed by atoms with van der Waals surface area (Å²) in [6.45, 7) is 8.18. The van der Waals surface area contributed by atoms with Gasteiger partial charge in [0.25, 0.3) is 5.91 Å². The van der Waals surface area contributed by atoms with Crippen molar-refractivity contribution >= 4 is 17.5 Å². The lowest BCUT2D eigenvalue weighted by atomic mass is 10.1. The Balaban J connectivity index is 1.69. The summed E-state index contributed by atoms with van der Waals surface area (Å²) in [5.41, 5.74) is 3.26. The van der Waals surface area contributed by atoms with Gasteiger partial charge in [0.05, 0.1) is 29.7 Å². The normalized spacial score (nSPS) is 11.4. The van der Waals surface area contributed by atoms with E-state index in [1.165, 1.54) is 0 Å². The average molecular weight is 386 g/mol. The van der Waals surface area contributed by atoms with E-state index in [1.807, 2.05) is 33.8 Å². The Morgan fingerprint density at radius 1 is 1.30 bits per heavy atom. The molecule has 0 aliphatic rings. The largest absolute Gasteiger partial charge is 0.345 e. The van der Waals surface area contributed by atoms with Crippen molar-refractivity contribution < 1.29 is 4.79 Å². The third kappa shape index (κ3) is 4.46. The first-order chi connectivity index (χ1) is 12.7. The number of hydrogen-bond acceptors (Lipinski definition) is 6. The zero-order chi connectivity index (χ0) is 19.6. The van der Waals surface area contributed by atoms with Crippen molar-refractivity contribution in [3.05, 3.63) is 53.0 Å². The Hall–Kier alpha value is -2.87. The van der Waals surface area contributed by atoms with Crippen LogP contribution in [0.2, 0.25) is 5.28 Å². The molecule has 0 aromatic carbocycles. The number of carbonyl (C=O) groups excluding carboxylic acids is 1. The fraction of sp³-hybridized carbons (Fsp3) is 0.333. The monoisotopic (exact) mass is 385 g/mol. The van der Waals surface area contributed by atoms with Crippen LogP contribution in [0.25, 0.3) is 11.3 Å². The van der Waals surface area contributed by atoms with Gasteiger partial charge in [-0.05, 0) is 57.0 Å².